The van der Waals surface area contributed by atoms with Gasteiger partial charge in [-0.2, -0.15) is 0 Å². The molecule has 1 saturated heterocycles. The van der Waals surface area contributed by atoms with Gasteiger partial charge >= 0.3 is 0 Å². The minimum atomic E-state index is -0.386. The zero-order valence-electron chi connectivity index (χ0n) is 16.4. The number of ether oxygens (including phenoxy) is 1. The Bertz CT molecular complexity index is 1000. The van der Waals surface area contributed by atoms with E-state index in [2.05, 4.69) is 25.2 Å². The maximum absolute atomic E-state index is 13.4. The molecule has 1 N–H and O–H groups in total. The quantitative estimate of drug-likeness (QED) is 0.675. The molecule has 30 heavy (non-hydrogen) atoms. The molecule has 3 aromatic rings. The number of hydrogen-bond acceptors (Lipinski definition) is 6. The Kier molecular flexibility index (Phi) is 6.12. The summed E-state index contributed by atoms with van der Waals surface area (Å²) in [7, 11) is 0. The maximum atomic E-state index is 13.4. The van der Waals surface area contributed by atoms with Crippen molar-refractivity contribution in [3.8, 4) is 11.6 Å². The number of hydrogen-bond donors (Lipinski definition) is 1. The molecule has 1 amide bonds. The molecule has 1 aromatic carbocycles. The highest BCUT2D eigenvalue weighted by Crippen LogP contribution is 2.24. The van der Waals surface area contributed by atoms with Crippen LogP contribution in [-0.2, 0) is 11.3 Å². The standard InChI is InChI=1S/C22H22FN5O2/c23-18-6-1-7-19(12-18)30-22-16(4-2-8-26-22)13-27-21(29)17-5-3-11-28(15-17)20-14-24-9-10-25-20/h1-2,4,6-10,12,14,17H,3,5,11,13,15H2,(H,27,29). The molecule has 0 radical (unpaired) electrons. The average molecular weight is 407 g/mol. The van der Waals surface area contributed by atoms with Crippen LogP contribution in [0, 0.1) is 11.7 Å². The van der Waals surface area contributed by atoms with Crippen LogP contribution in [-0.4, -0.2) is 33.9 Å². The molecule has 0 saturated carbocycles. The molecule has 1 atom stereocenters. The van der Waals surface area contributed by atoms with Crippen molar-refractivity contribution in [3.05, 3.63) is 72.6 Å². The second kappa shape index (κ2) is 9.30. The molecular weight excluding hydrogens is 385 g/mol. The summed E-state index contributed by atoms with van der Waals surface area (Å²) < 4.78 is 19.1. The average Bonchev–Trinajstić information content (AvgIpc) is 2.79. The number of anilines is 1. The van der Waals surface area contributed by atoms with Crippen molar-refractivity contribution in [2.45, 2.75) is 19.4 Å². The smallest absolute Gasteiger partial charge is 0.225 e. The van der Waals surface area contributed by atoms with Gasteiger partial charge in [0.1, 0.15) is 17.4 Å². The second-order valence-electron chi connectivity index (χ2n) is 7.09. The Balaban J connectivity index is 1.38. The van der Waals surface area contributed by atoms with E-state index in [1.807, 2.05) is 6.07 Å². The Hall–Kier alpha value is -3.55. The number of aromatic nitrogens is 3. The third-order valence-electron chi connectivity index (χ3n) is 4.98. The number of carbonyl (C=O) groups excluding carboxylic acids is 1. The monoisotopic (exact) mass is 407 g/mol. The van der Waals surface area contributed by atoms with E-state index in [1.165, 1.54) is 12.1 Å². The van der Waals surface area contributed by atoms with E-state index >= 15 is 0 Å². The lowest BCUT2D eigenvalue weighted by Crippen LogP contribution is -2.43. The summed E-state index contributed by atoms with van der Waals surface area (Å²) in [5, 5.41) is 2.98. The van der Waals surface area contributed by atoms with Gasteiger partial charge in [0, 0.05) is 49.9 Å². The molecule has 0 bridgehead atoms. The van der Waals surface area contributed by atoms with Crippen LogP contribution in [0.3, 0.4) is 0 Å². The largest absolute Gasteiger partial charge is 0.439 e. The first-order chi connectivity index (χ1) is 14.7. The van der Waals surface area contributed by atoms with Crippen molar-refractivity contribution < 1.29 is 13.9 Å². The van der Waals surface area contributed by atoms with Crippen LogP contribution in [0.15, 0.2) is 61.2 Å². The lowest BCUT2D eigenvalue weighted by atomic mass is 9.97. The van der Waals surface area contributed by atoms with Crippen LogP contribution in [0.2, 0.25) is 0 Å². The zero-order valence-corrected chi connectivity index (χ0v) is 16.4. The first-order valence-electron chi connectivity index (χ1n) is 9.85. The molecule has 0 aliphatic carbocycles. The summed E-state index contributed by atoms with van der Waals surface area (Å²) >= 11 is 0. The Labute approximate surface area is 174 Å². The Morgan fingerprint density at radius 3 is 2.97 bits per heavy atom. The van der Waals surface area contributed by atoms with Gasteiger partial charge in [0.25, 0.3) is 0 Å². The fourth-order valence-corrected chi connectivity index (χ4v) is 3.47. The van der Waals surface area contributed by atoms with E-state index in [0.29, 0.717) is 18.2 Å². The van der Waals surface area contributed by atoms with Crippen LogP contribution in [0.4, 0.5) is 10.2 Å². The first kappa shape index (κ1) is 19.8. The third-order valence-corrected chi connectivity index (χ3v) is 4.98. The number of pyridine rings is 1. The topological polar surface area (TPSA) is 80.2 Å². The van der Waals surface area contributed by atoms with Gasteiger partial charge in [-0.05, 0) is 31.0 Å². The fourth-order valence-electron chi connectivity index (χ4n) is 3.47. The SMILES string of the molecule is O=C(NCc1cccnc1Oc1cccc(F)c1)C1CCCN(c2cnccn2)C1. The molecule has 1 fully saturated rings. The van der Waals surface area contributed by atoms with Crippen molar-refractivity contribution in [2.24, 2.45) is 5.92 Å². The summed E-state index contributed by atoms with van der Waals surface area (Å²) in [5.41, 5.74) is 0.719. The molecule has 8 heteroatoms. The van der Waals surface area contributed by atoms with Gasteiger partial charge in [-0.25, -0.2) is 14.4 Å². The lowest BCUT2D eigenvalue weighted by Gasteiger charge is -2.32. The molecule has 4 rings (SSSR count). The molecule has 7 nitrogen and oxygen atoms in total. The summed E-state index contributed by atoms with van der Waals surface area (Å²) in [6.07, 6.45) is 8.33. The number of piperidine rings is 1. The van der Waals surface area contributed by atoms with Crippen LogP contribution in [0.5, 0.6) is 11.6 Å². The van der Waals surface area contributed by atoms with Gasteiger partial charge in [0.15, 0.2) is 0 Å². The number of halogens is 1. The molecule has 1 unspecified atom stereocenters. The van der Waals surface area contributed by atoms with Gasteiger partial charge in [-0.15, -0.1) is 0 Å². The maximum Gasteiger partial charge on any atom is 0.225 e. The number of amides is 1. The molecule has 3 heterocycles. The predicted octanol–water partition coefficient (Wildman–Crippen LogP) is 3.34. The lowest BCUT2D eigenvalue weighted by molar-refractivity contribution is -0.125. The summed E-state index contributed by atoms with van der Waals surface area (Å²) in [4.78, 5) is 27.5. The number of benzene rings is 1. The Morgan fingerprint density at radius 2 is 2.13 bits per heavy atom. The van der Waals surface area contributed by atoms with Gasteiger partial charge in [0.2, 0.25) is 11.8 Å². The minimum absolute atomic E-state index is 0.0239. The summed E-state index contributed by atoms with van der Waals surface area (Å²) in [6, 6.07) is 9.47. The highest BCUT2D eigenvalue weighted by molar-refractivity contribution is 5.79. The second-order valence-corrected chi connectivity index (χ2v) is 7.09. The normalized spacial score (nSPS) is 16.2. The van der Waals surface area contributed by atoms with Gasteiger partial charge in [-0.1, -0.05) is 12.1 Å². The summed E-state index contributed by atoms with van der Waals surface area (Å²) in [5.74, 6) is 0.937. The van der Waals surface area contributed by atoms with Crippen molar-refractivity contribution in [1.82, 2.24) is 20.3 Å². The van der Waals surface area contributed by atoms with E-state index in [-0.39, 0.29) is 24.2 Å². The molecule has 0 spiro atoms. The molecule has 154 valence electrons. The molecular formula is C22H22FN5O2. The van der Waals surface area contributed by atoms with E-state index in [9.17, 15) is 9.18 Å². The van der Waals surface area contributed by atoms with Crippen LogP contribution in [0.25, 0.3) is 0 Å². The van der Waals surface area contributed by atoms with E-state index in [4.69, 9.17) is 4.74 Å². The van der Waals surface area contributed by atoms with Crippen molar-refractivity contribution in [2.75, 3.05) is 18.0 Å². The number of carbonyl (C=O) groups is 1. The highest BCUT2D eigenvalue weighted by Gasteiger charge is 2.26. The Morgan fingerprint density at radius 1 is 1.20 bits per heavy atom. The van der Waals surface area contributed by atoms with Crippen LogP contribution < -0.4 is 15.0 Å². The van der Waals surface area contributed by atoms with Crippen molar-refractivity contribution in [1.29, 1.82) is 0 Å². The molecule has 1 aliphatic heterocycles. The van der Waals surface area contributed by atoms with E-state index in [0.717, 1.165) is 30.8 Å². The van der Waals surface area contributed by atoms with Crippen LogP contribution in [0.1, 0.15) is 18.4 Å². The van der Waals surface area contributed by atoms with E-state index < -0.39 is 0 Å². The first-order valence-corrected chi connectivity index (χ1v) is 9.85. The number of nitrogens with one attached hydrogen (secondary N) is 1. The van der Waals surface area contributed by atoms with Gasteiger partial charge in [-0.3, -0.25) is 9.78 Å². The van der Waals surface area contributed by atoms with Crippen molar-refractivity contribution >= 4 is 11.7 Å². The minimum Gasteiger partial charge on any atom is -0.439 e. The van der Waals surface area contributed by atoms with E-state index in [1.54, 1.807) is 43.0 Å². The number of nitrogens with zero attached hydrogens (tertiary/aromatic N) is 4. The number of rotatable bonds is 6. The fraction of sp³-hybridized carbons (Fsp3) is 0.273. The molecule has 1 aliphatic rings. The highest BCUT2D eigenvalue weighted by atomic mass is 19.1. The molecule has 2 aromatic heterocycles. The van der Waals surface area contributed by atoms with Crippen LogP contribution >= 0.6 is 0 Å². The van der Waals surface area contributed by atoms with Crippen molar-refractivity contribution in [3.63, 3.8) is 0 Å². The van der Waals surface area contributed by atoms with Gasteiger partial charge in [0.05, 0.1) is 12.1 Å². The summed E-state index contributed by atoms with van der Waals surface area (Å²) in [6.45, 7) is 1.74. The third kappa shape index (κ3) is 4.89. The van der Waals surface area contributed by atoms with Gasteiger partial charge < -0.3 is 15.0 Å². The predicted molar refractivity (Wildman–Crippen MR) is 110 cm³/mol. The zero-order chi connectivity index (χ0) is 20.8.